The van der Waals surface area contributed by atoms with Crippen LogP contribution in [0, 0.1) is 19.7 Å². The predicted molar refractivity (Wildman–Crippen MR) is 115 cm³/mol. The van der Waals surface area contributed by atoms with Gasteiger partial charge < -0.3 is 15.2 Å². The number of anilines is 1. The number of rotatable bonds is 7. The number of piperidine rings is 1. The van der Waals surface area contributed by atoms with Crippen LogP contribution in [0.2, 0.25) is 0 Å². The smallest absolute Gasteiger partial charge is 0.257 e. The van der Waals surface area contributed by atoms with Gasteiger partial charge in [-0.2, -0.15) is 0 Å². The Morgan fingerprint density at radius 3 is 2.52 bits per heavy atom. The van der Waals surface area contributed by atoms with Gasteiger partial charge in [0.1, 0.15) is 10.7 Å². The number of carbonyl (C=O) groups is 2. The number of carbonyl (C=O) groups excluding carboxylic acids is 2. The molecule has 0 bridgehead atoms. The number of amides is 2. The quantitative estimate of drug-likeness (QED) is 0.602. The molecule has 1 aromatic carbocycles. The minimum atomic E-state index is -4.03. The number of aromatic amines is 1. The van der Waals surface area contributed by atoms with E-state index in [0.717, 1.165) is 19.3 Å². The lowest BCUT2D eigenvalue weighted by molar-refractivity contribution is -0.116. The average molecular weight is 451 g/mol. The minimum Gasteiger partial charge on any atom is -0.361 e. The van der Waals surface area contributed by atoms with E-state index in [1.54, 1.807) is 18.7 Å². The summed E-state index contributed by atoms with van der Waals surface area (Å²) in [7, 11) is -4.03. The summed E-state index contributed by atoms with van der Waals surface area (Å²) in [5.41, 5.74) is 1.31. The molecule has 8 nitrogen and oxygen atoms in total. The van der Waals surface area contributed by atoms with Crippen LogP contribution in [0.5, 0.6) is 0 Å². The van der Waals surface area contributed by atoms with Crippen LogP contribution in [0.15, 0.2) is 29.2 Å². The first-order valence-electron chi connectivity index (χ1n) is 10.2. The van der Waals surface area contributed by atoms with Crippen molar-refractivity contribution in [3.63, 3.8) is 0 Å². The summed E-state index contributed by atoms with van der Waals surface area (Å²) in [6.07, 6.45) is 2.71. The summed E-state index contributed by atoms with van der Waals surface area (Å²) in [5, 5.41) is 2.52. The van der Waals surface area contributed by atoms with E-state index in [1.165, 1.54) is 24.3 Å². The molecule has 1 aromatic heterocycles. The number of nitrogens with one attached hydrogen (secondary N) is 3. The zero-order valence-corrected chi connectivity index (χ0v) is 18.4. The topological polar surface area (TPSA) is 111 Å². The molecule has 0 aliphatic carbocycles. The van der Waals surface area contributed by atoms with Crippen LogP contribution < -0.4 is 10.0 Å². The average Bonchev–Trinajstić information content (AvgIpc) is 3.02. The van der Waals surface area contributed by atoms with Crippen molar-refractivity contribution in [1.29, 1.82) is 0 Å². The van der Waals surface area contributed by atoms with E-state index in [9.17, 15) is 22.4 Å². The van der Waals surface area contributed by atoms with Gasteiger partial charge in [-0.05, 0) is 51.3 Å². The van der Waals surface area contributed by atoms with Gasteiger partial charge in [0.25, 0.3) is 5.91 Å². The highest BCUT2D eigenvalue weighted by Crippen LogP contribution is 2.26. The van der Waals surface area contributed by atoms with Gasteiger partial charge in [-0.3, -0.25) is 9.59 Å². The zero-order chi connectivity index (χ0) is 22.6. The van der Waals surface area contributed by atoms with E-state index < -0.39 is 21.7 Å². The second-order valence-electron chi connectivity index (χ2n) is 7.64. The molecule has 0 atom stereocenters. The van der Waals surface area contributed by atoms with Gasteiger partial charge in [-0.1, -0.05) is 6.07 Å². The Balaban J connectivity index is 1.69. The number of nitrogens with zero attached hydrogens (tertiary/aromatic N) is 1. The first-order chi connectivity index (χ1) is 14.7. The van der Waals surface area contributed by atoms with E-state index in [1.807, 2.05) is 0 Å². The third-order valence-corrected chi connectivity index (χ3v) is 6.83. The van der Waals surface area contributed by atoms with E-state index in [2.05, 4.69) is 15.0 Å². The van der Waals surface area contributed by atoms with E-state index in [-0.39, 0.29) is 29.3 Å². The standard InChI is InChI=1S/C21H27FN4O4S/c1-14-19(21(28)26-11-4-3-5-12-26)20(15(2)24-14)31(29,30)23-10-9-18(27)25-17-8-6-7-16(22)13-17/h6-8,13,23-24H,3-5,9-12H2,1-2H3,(H,25,27). The van der Waals surface area contributed by atoms with Gasteiger partial charge in [0, 0.05) is 43.1 Å². The van der Waals surface area contributed by atoms with Crippen molar-refractivity contribution in [1.82, 2.24) is 14.6 Å². The van der Waals surface area contributed by atoms with Crippen molar-refractivity contribution < 1.29 is 22.4 Å². The summed E-state index contributed by atoms with van der Waals surface area (Å²) in [6.45, 7) is 4.33. The molecule has 2 amide bonds. The zero-order valence-electron chi connectivity index (χ0n) is 17.6. The summed E-state index contributed by atoms with van der Waals surface area (Å²) in [6, 6.07) is 5.43. The number of likely N-dealkylation sites (tertiary alicyclic amines) is 1. The third kappa shape index (κ3) is 5.50. The van der Waals surface area contributed by atoms with Crippen LogP contribution in [0.4, 0.5) is 10.1 Å². The van der Waals surface area contributed by atoms with E-state index >= 15 is 0 Å². The molecule has 3 rings (SSSR count). The highest BCUT2D eigenvalue weighted by atomic mass is 32.2. The third-order valence-electron chi connectivity index (χ3n) is 5.20. The van der Waals surface area contributed by atoms with Gasteiger partial charge in [-0.25, -0.2) is 17.5 Å². The number of sulfonamides is 1. The lowest BCUT2D eigenvalue weighted by Gasteiger charge is -2.27. The lowest BCUT2D eigenvalue weighted by atomic mass is 10.1. The maximum Gasteiger partial charge on any atom is 0.257 e. The fourth-order valence-corrected chi connectivity index (χ4v) is 5.25. The fraction of sp³-hybridized carbons (Fsp3) is 0.429. The van der Waals surface area contributed by atoms with Gasteiger partial charge in [0.15, 0.2) is 0 Å². The Morgan fingerprint density at radius 1 is 1.13 bits per heavy atom. The number of H-pyrrole nitrogens is 1. The van der Waals surface area contributed by atoms with Crippen molar-refractivity contribution in [3.05, 3.63) is 47.0 Å². The Bertz CT molecular complexity index is 1080. The fourth-order valence-electron chi connectivity index (χ4n) is 3.77. The van der Waals surface area contributed by atoms with E-state index in [4.69, 9.17) is 0 Å². The number of aromatic nitrogens is 1. The molecule has 2 aromatic rings. The van der Waals surface area contributed by atoms with Crippen molar-refractivity contribution in [2.24, 2.45) is 0 Å². The van der Waals surface area contributed by atoms with Crippen LogP contribution in [0.1, 0.15) is 47.4 Å². The first-order valence-corrected chi connectivity index (χ1v) is 11.7. The molecule has 2 heterocycles. The summed E-state index contributed by atoms with van der Waals surface area (Å²) in [4.78, 5) is 29.7. The largest absolute Gasteiger partial charge is 0.361 e. The molecule has 1 fully saturated rings. The molecule has 168 valence electrons. The van der Waals surface area contributed by atoms with Gasteiger partial charge in [0.05, 0.1) is 5.56 Å². The van der Waals surface area contributed by atoms with Crippen molar-refractivity contribution in [3.8, 4) is 0 Å². The highest BCUT2D eigenvalue weighted by molar-refractivity contribution is 7.89. The normalized spacial score (nSPS) is 14.5. The van der Waals surface area contributed by atoms with Crippen molar-refractivity contribution >= 4 is 27.5 Å². The number of halogens is 1. The van der Waals surface area contributed by atoms with E-state index in [0.29, 0.717) is 30.2 Å². The maximum absolute atomic E-state index is 13.2. The molecule has 0 radical (unpaired) electrons. The molecular formula is C21H27FN4O4S. The number of hydrogen-bond acceptors (Lipinski definition) is 4. The van der Waals surface area contributed by atoms with Crippen LogP contribution in [-0.4, -0.2) is 49.8 Å². The second-order valence-corrected chi connectivity index (χ2v) is 9.34. The molecule has 0 spiro atoms. The Labute approximate surface area is 181 Å². The van der Waals surface area contributed by atoms with Gasteiger partial charge in [0.2, 0.25) is 15.9 Å². The Kier molecular flexibility index (Phi) is 7.11. The molecule has 1 saturated heterocycles. The van der Waals surface area contributed by atoms with Crippen LogP contribution in [0.3, 0.4) is 0 Å². The molecular weight excluding hydrogens is 423 g/mol. The summed E-state index contributed by atoms with van der Waals surface area (Å²) < 4.78 is 41.6. The highest BCUT2D eigenvalue weighted by Gasteiger charge is 2.31. The number of benzene rings is 1. The van der Waals surface area contributed by atoms with Crippen LogP contribution >= 0.6 is 0 Å². The minimum absolute atomic E-state index is 0.0777. The summed E-state index contributed by atoms with van der Waals surface area (Å²) in [5.74, 6) is -1.24. The van der Waals surface area contributed by atoms with Crippen LogP contribution in [0.25, 0.3) is 0 Å². The molecule has 3 N–H and O–H groups in total. The lowest BCUT2D eigenvalue weighted by Crippen LogP contribution is -2.37. The van der Waals surface area contributed by atoms with Gasteiger partial charge >= 0.3 is 0 Å². The predicted octanol–water partition coefficient (Wildman–Crippen LogP) is 2.70. The molecule has 0 saturated carbocycles. The maximum atomic E-state index is 13.2. The monoisotopic (exact) mass is 450 g/mol. The molecule has 0 unspecified atom stereocenters. The second kappa shape index (κ2) is 9.61. The molecule has 1 aliphatic heterocycles. The Morgan fingerprint density at radius 2 is 1.84 bits per heavy atom. The SMILES string of the molecule is Cc1[nH]c(C)c(S(=O)(=O)NCCC(=O)Nc2cccc(F)c2)c1C(=O)N1CCCCC1. The summed E-state index contributed by atoms with van der Waals surface area (Å²) >= 11 is 0. The van der Waals surface area contributed by atoms with Crippen LogP contribution in [-0.2, 0) is 14.8 Å². The first kappa shape index (κ1) is 23.0. The molecule has 31 heavy (non-hydrogen) atoms. The van der Waals surface area contributed by atoms with Crippen molar-refractivity contribution in [2.75, 3.05) is 25.0 Å². The molecule has 1 aliphatic rings. The molecule has 10 heteroatoms. The Hall–Kier alpha value is -2.72. The van der Waals surface area contributed by atoms with Gasteiger partial charge in [-0.15, -0.1) is 0 Å². The number of hydrogen-bond donors (Lipinski definition) is 3. The van der Waals surface area contributed by atoms with Crippen molar-refractivity contribution in [2.45, 2.75) is 44.4 Å². The number of aryl methyl sites for hydroxylation is 2.